The van der Waals surface area contributed by atoms with E-state index in [1.54, 1.807) is 23.5 Å². The molecule has 2 aromatic heterocycles. The van der Waals surface area contributed by atoms with Gasteiger partial charge in [-0.05, 0) is 86.3 Å². The van der Waals surface area contributed by atoms with Crippen molar-refractivity contribution in [3.63, 3.8) is 0 Å². The predicted octanol–water partition coefficient (Wildman–Crippen LogP) is 8.85. The summed E-state index contributed by atoms with van der Waals surface area (Å²) in [6.07, 6.45) is 2.50. The average molecular weight is 560 g/mol. The standard InChI is InChI=1S/C26H25N9O2S2/c1-16-15-19(29-32-22-10-11-23(38-22)35-12-4-5-13-35)7-8-20(16)30-28-18-6-9-21(17(2)14-18)31-33-26-27-24(34-39-26)25(36)37-3/h6-11,14-15H,4-5,12-13H2,1-3H3. The van der Waals surface area contributed by atoms with Crippen LogP contribution in [0.2, 0.25) is 0 Å². The van der Waals surface area contributed by atoms with Gasteiger partial charge in [0.15, 0.2) is 0 Å². The van der Waals surface area contributed by atoms with E-state index in [2.05, 4.69) is 55.7 Å². The van der Waals surface area contributed by atoms with Gasteiger partial charge in [0.05, 0.1) is 34.9 Å². The molecule has 13 heteroatoms. The molecule has 0 radical (unpaired) electrons. The van der Waals surface area contributed by atoms with Crippen molar-refractivity contribution in [1.29, 1.82) is 0 Å². The lowest BCUT2D eigenvalue weighted by molar-refractivity contribution is 0.0588. The monoisotopic (exact) mass is 559 g/mol. The number of carbonyl (C=O) groups is 1. The molecule has 198 valence electrons. The second-order valence-corrected chi connectivity index (χ2v) is 10.5. The van der Waals surface area contributed by atoms with Gasteiger partial charge in [-0.25, -0.2) is 4.79 Å². The van der Waals surface area contributed by atoms with Gasteiger partial charge in [-0.2, -0.15) is 19.6 Å². The molecule has 0 atom stereocenters. The second-order valence-electron chi connectivity index (χ2n) is 8.74. The summed E-state index contributed by atoms with van der Waals surface area (Å²) in [4.78, 5) is 17.9. The van der Waals surface area contributed by atoms with E-state index in [4.69, 9.17) is 0 Å². The van der Waals surface area contributed by atoms with Crippen LogP contribution in [-0.2, 0) is 4.74 Å². The highest BCUT2D eigenvalue weighted by molar-refractivity contribution is 7.19. The molecule has 1 aliphatic heterocycles. The van der Waals surface area contributed by atoms with Crippen LogP contribution in [0.4, 0.5) is 37.9 Å². The predicted molar refractivity (Wildman–Crippen MR) is 152 cm³/mol. The summed E-state index contributed by atoms with van der Waals surface area (Å²) in [5, 5.41) is 28.3. The van der Waals surface area contributed by atoms with Gasteiger partial charge in [-0.1, -0.05) is 11.3 Å². The summed E-state index contributed by atoms with van der Waals surface area (Å²) in [7, 11) is 1.27. The Labute approximate surface area is 233 Å². The Balaban J connectivity index is 1.21. The molecule has 0 amide bonds. The van der Waals surface area contributed by atoms with Crippen molar-refractivity contribution in [2.45, 2.75) is 26.7 Å². The molecule has 0 N–H and O–H groups in total. The molecule has 1 aliphatic rings. The van der Waals surface area contributed by atoms with E-state index in [0.717, 1.165) is 52.1 Å². The molecule has 0 bridgehead atoms. The van der Waals surface area contributed by atoms with Crippen molar-refractivity contribution in [3.05, 3.63) is 65.5 Å². The van der Waals surface area contributed by atoms with Gasteiger partial charge in [0.25, 0.3) is 5.82 Å². The minimum atomic E-state index is -0.613. The summed E-state index contributed by atoms with van der Waals surface area (Å²) >= 11 is 2.63. The number of nitrogens with zero attached hydrogens (tertiary/aromatic N) is 9. The second kappa shape index (κ2) is 12.1. The van der Waals surface area contributed by atoms with Gasteiger partial charge in [0, 0.05) is 24.6 Å². The smallest absolute Gasteiger partial charge is 0.377 e. The minimum absolute atomic E-state index is 0.0376. The van der Waals surface area contributed by atoms with Crippen LogP contribution in [0.1, 0.15) is 34.6 Å². The Morgan fingerprint density at radius 2 is 1.49 bits per heavy atom. The maximum absolute atomic E-state index is 11.5. The fourth-order valence-corrected chi connectivity index (χ4v) is 5.22. The maximum Gasteiger partial charge on any atom is 0.377 e. The number of azo groups is 3. The number of ether oxygens (including phenoxy) is 1. The number of aromatic nitrogens is 2. The lowest BCUT2D eigenvalue weighted by Gasteiger charge is -2.13. The minimum Gasteiger partial charge on any atom is -0.463 e. The summed E-state index contributed by atoms with van der Waals surface area (Å²) in [6.45, 7) is 6.11. The van der Waals surface area contributed by atoms with Crippen molar-refractivity contribution in [3.8, 4) is 0 Å². The van der Waals surface area contributed by atoms with Gasteiger partial charge in [0.2, 0.25) is 5.13 Å². The van der Waals surface area contributed by atoms with Crippen molar-refractivity contribution in [2.75, 3.05) is 25.1 Å². The Bertz CT molecular complexity index is 1570. The number of thiophene rings is 1. The number of aryl methyl sites for hydroxylation is 2. The quantitative estimate of drug-likeness (QED) is 0.157. The van der Waals surface area contributed by atoms with E-state index in [9.17, 15) is 4.79 Å². The van der Waals surface area contributed by atoms with Crippen molar-refractivity contribution in [2.24, 2.45) is 30.7 Å². The van der Waals surface area contributed by atoms with Crippen LogP contribution in [0.5, 0.6) is 0 Å². The van der Waals surface area contributed by atoms with E-state index in [1.165, 1.54) is 25.0 Å². The molecule has 2 aromatic carbocycles. The third-order valence-electron chi connectivity index (χ3n) is 5.92. The summed E-state index contributed by atoms with van der Waals surface area (Å²) in [5.74, 6) is -0.651. The molecule has 1 fully saturated rings. The van der Waals surface area contributed by atoms with Crippen LogP contribution in [0.25, 0.3) is 0 Å². The van der Waals surface area contributed by atoms with E-state index < -0.39 is 5.97 Å². The Morgan fingerprint density at radius 1 is 0.846 bits per heavy atom. The van der Waals surface area contributed by atoms with Crippen LogP contribution in [0, 0.1) is 13.8 Å². The zero-order chi connectivity index (χ0) is 27.2. The zero-order valence-corrected chi connectivity index (χ0v) is 23.2. The summed E-state index contributed by atoms with van der Waals surface area (Å²) in [6, 6.07) is 15.3. The zero-order valence-electron chi connectivity index (χ0n) is 21.6. The Hall–Kier alpha value is -4.23. The third-order valence-corrected chi connectivity index (χ3v) is 7.55. The summed E-state index contributed by atoms with van der Waals surface area (Å²) in [5.41, 5.74) is 4.66. The molecule has 3 heterocycles. The molecule has 4 aromatic rings. The first kappa shape index (κ1) is 26.4. The van der Waals surface area contributed by atoms with Crippen molar-refractivity contribution < 1.29 is 9.53 Å². The highest BCUT2D eigenvalue weighted by atomic mass is 32.1. The normalized spacial score (nSPS) is 13.9. The number of hydrogen-bond acceptors (Lipinski definition) is 13. The fourth-order valence-electron chi connectivity index (χ4n) is 3.85. The third kappa shape index (κ3) is 6.62. The number of methoxy groups -OCH3 is 1. The van der Waals surface area contributed by atoms with Gasteiger partial charge in [-0.3, -0.25) is 0 Å². The SMILES string of the molecule is COC(=O)c1nsc(N=Nc2ccc(N=Nc3ccc(N=Nc4ccc(N5CCCC5)s4)cc3C)cc2C)n1. The Morgan fingerprint density at radius 3 is 2.13 bits per heavy atom. The molecule has 11 nitrogen and oxygen atoms in total. The first-order valence-electron chi connectivity index (χ1n) is 12.2. The number of anilines is 1. The highest BCUT2D eigenvalue weighted by Gasteiger charge is 2.14. The topological polar surface area (TPSA) is 129 Å². The van der Waals surface area contributed by atoms with Gasteiger partial charge >= 0.3 is 5.97 Å². The van der Waals surface area contributed by atoms with Crippen LogP contribution in [-0.4, -0.2) is 35.5 Å². The molecule has 0 unspecified atom stereocenters. The van der Waals surface area contributed by atoms with Crippen molar-refractivity contribution >= 4 is 66.7 Å². The van der Waals surface area contributed by atoms with E-state index in [0.29, 0.717) is 11.4 Å². The summed E-state index contributed by atoms with van der Waals surface area (Å²) < 4.78 is 8.50. The number of hydrogen-bond donors (Lipinski definition) is 0. The molecular formula is C26H25N9O2S2. The van der Waals surface area contributed by atoms with Gasteiger partial charge in [0.1, 0.15) is 5.00 Å². The molecule has 0 saturated carbocycles. The van der Waals surface area contributed by atoms with Crippen LogP contribution < -0.4 is 4.90 Å². The van der Waals surface area contributed by atoms with Gasteiger partial charge < -0.3 is 9.64 Å². The molecular weight excluding hydrogens is 534 g/mol. The largest absolute Gasteiger partial charge is 0.463 e. The Kier molecular flexibility index (Phi) is 8.18. The number of rotatable bonds is 8. The maximum atomic E-state index is 11.5. The highest BCUT2D eigenvalue weighted by Crippen LogP contribution is 2.35. The van der Waals surface area contributed by atoms with E-state index in [1.807, 2.05) is 44.2 Å². The van der Waals surface area contributed by atoms with E-state index >= 15 is 0 Å². The fraction of sp³-hybridized carbons (Fsp3) is 0.269. The van der Waals surface area contributed by atoms with Gasteiger partial charge in [-0.15, -0.1) is 20.5 Å². The van der Waals surface area contributed by atoms with Crippen LogP contribution >= 0.6 is 22.9 Å². The first-order valence-corrected chi connectivity index (χ1v) is 13.8. The molecule has 1 saturated heterocycles. The van der Waals surface area contributed by atoms with Crippen molar-refractivity contribution in [1.82, 2.24) is 9.36 Å². The molecule has 0 aliphatic carbocycles. The van der Waals surface area contributed by atoms with Crippen LogP contribution in [0.3, 0.4) is 0 Å². The number of esters is 1. The van der Waals surface area contributed by atoms with Crippen LogP contribution in [0.15, 0.2) is 79.2 Å². The van der Waals surface area contributed by atoms with E-state index in [-0.39, 0.29) is 11.0 Å². The lowest BCUT2D eigenvalue weighted by atomic mass is 10.2. The number of carbonyl (C=O) groups excluding carboxylic acids is 1. The lowest BCUT2D eigenvalue weighted by Crippen LogP contribution is -2.15. The molecule has 39 heavy (non-hydrogen) atoms. The first-order chi connectivity index (χ1) is 19.0. The molecule has 5 rings (SSSR count). The average Bonchev–Trinajstić information content (AvgIpc) is 3.72. The number of benzene rings is 2. The molecule has 0 spiro atoms.